The lowest BCUT2D eigenvalue weighted by Gasteiger charge is -2.12. The monoisotopic (exact) mass is 469 g/mol. The van der Waals surface area contributed by atoms with Crippen molar-refractivity contribution in [3.05, 3.63) is 77.0 Å². The SMILES string of the molecule is Cc1cccc(Nc2nc3nonc3nc2N/N=C\c2ccc(-c3cccc(C(=O)O)c3)o2)c1C. The lowest BCUT2D eigenvalue weighted by Crippen LogP contribution is -2.04. The van der Waals surface area contributed by atoms with Gasteiger partial charge in [-0.15, -0.1) is 0 Å². The molecule has 2 aromatic carbocycles. The summed E-state index contributed by atoms with van der Waals surface area (Å²) in [6.45, 7) is 4.03. The fraction of sp³-hybridized carbons (Fsp3) is 0.0833. The Hall–Kier alpha value is -5.06. The fourth-order valence-electron chi connectivity index (χ4n) is 3.36. The normalized spacial score (nSPS) is 11.3. The molecule has 0 aliphatic carbocycles. The Labute approximate surface area is 198 Å². The molecule has 5 aromatic rings. The van der Waals surface area contributed by atoms with E-state index < -0.39 is 5.97 Å². The number of hydrogen-bond acceptors (Lipinski definition) is 10. The van der Waals surface area contributed by atoms with Gasteiger partial charge in [-0.25, -0.2) is 14.4 Å². The lowest BCUT2D eigenvalue weighted by atomic mass is 10.1. The third kappa shape index (κ3) is 4.55. The first kappa shape index (κ1) is 21.8. The van der Waals surface area contributed by atoms with Crippen LogP contribution in [0, 0.1) is 13.8 Å². The number of aromatic nitrogens is 4. The van der Waals surface area contributed by atoms with Crippen LogP contribution in [0.3, 0.4) is 0 Å². The molecule has 0 saturated carbocycles. The molecule has 0 aliphatic rings. The molecule has 0 saturated heterocycles. The summed E-state index contributed by atoms with van der Waals surface area (Å²) in [4.78, 5) is 20.1. The maximum atomic E-state index is 11.2. The number of carbonyl (C=O) groups is 1. The van der Waals surface area contributed by atoms with E-state index in [0.717, 1.165) is 16.8 Å². The molecule has 0 amide bonds. The minimum absolute atomic E-state index is 0.177. The Morgan fingerprint density at radius 3 is 2.57 bits per heavy atom. The van der Waals surface area contributed by atoms with Crippen molar-refractivity contribution in [3.8, 4) is 11.3 Å². The largest absolute Gasteiger partial charge is 0.478 e. The highest BCUT2D eigenvalue weighted by molar-refractivity contribution is 5.89. The highest BCUT2D eigenvalue weighted by Gasteiger charge is 2.14. The van der Waals surface area contributed by atoms with E-state index in [2.05, 4.69) is 36.1 Å². The van der Waals surface area contributed by atoms with Gasteiger partial charge in [0.15, 0.2) is 11.6 Å². The van der Waals surface area contributed by atoms with Crippen molar-refractivity contribution in [2.45, 2.75) is 13.8 Å². The molecule has 5 rings (SSSR count). The van der Waals surface area contributed by atoms with Crippen LogP contribution in [0.1, 0.15) is 27.2 Å². The van der Waals surface area contributed by atoms with Crippen LogP contribution in [-0.4, -0.2) is 37.6 Å². The molecule has 174 valence electrons. The van der Waals surface area contributed by atoms with Gasteiger partial charge in [-0.1, -0.05) is 24.3 Å². The van der Waals surface area contributed by atoms with Crippen LogP contribution >= 0.6 is 0 Å². The second kappa shape index (κ2) is 9.06. The summed E-state index contributed by atoms with van der Waals surface area (Å²) in [5.41, 5.74) is 7.22. The van der Waals surface area contributed by atoms with Crippen molar-refractivity contribution in [2.75, 3.05) is 10.7 Å². The van der Waals surface area contributed by atoms with Gasteiger partial charge in [-0.05, 0) is 65.6 Å². The lowest BCUT2D eigenvalue weighted by molar-refractivity contribution is 0.0697. The van der Waals surface area contributed by atoms with Crippen LogP contribution in [-0.2, 0) is 0 Å². The first-order chi connectivity index (χ1) is 17.0. The van der Waals surface area contributed by atoms with E-state index in [1.54, 1.807) is 30.3 Å². The fourth-order valence-corrected chi connectivity index (χ4v) is 3.36. The topological polar surface area (TPSA) is 152 Å². The van der Waals surface area contributed by atoms with Gasteiger partial charge in [-0.3, -0.25) is 5.43 Å². The van der Waals surface area contributed by atoms with Gasteiger partial charge in [0.2, 0.25) is 11.3 Å². The predicted molar refractivity (Wildman–Crippen MR) is 129 cm³/mol. The van der Waals surface area contributed by atoms with Crippen LogP contribution in [0.2, 0.25) is 0 Å². The van der Waals surface area contributed by atoms with Crippen LogP contribution in [0.5, 0.6) is 0 Å². The third-order valence-corrected chi connectivity index (χ3v) is 5.36. The number of anilines is 3. The summed E-state index contributed by atoms with van der Waals surface area (Å²) in [7, 11) is 0. The molecule has 0 spiro atoms. The van der Waals surface area contributed by atoms with Gasteiger partial charge < -0.3 is 14.8 Å². The zero-order chi connectivity index (χ0) is 24.4. The summed E-state index contributed by atoms with van der Waals surface area (Å²) in [6.07, 6.45) is 1.47. The Balaban J connectivity index is 1.39. The summed E-state index contributed by atoms with van der Waals surface area (Å²) in [5.74, 6) is 0.669. The molecule has 11 nitrogen and oxygen atoms in total. The minimum Gasteiger partial charge on any atom is -0.478 e. The highest BCUT2D eigenvalue weighted by atomic mass is 16.6. The molecular weight excluding hydrogens is 450 g/mol. The second-order valence-electron chi connectivity index (χ2n) is 7.66. The summed E-state index contributed by atoms with van der Waals surface area (Å²) in [6, 6.07) is 15.9. The van der Waals surface area contributed by atoms with E-state index >= 15 is 0 Å². The van der Waals surface area contributed by atoms with E-state index in [9.17, 15) is 9.90 Å². The first-order valence-electron chi connectivity index (χ1n) is 10.5. The summed E-state index contributed by atoms with van der Waals surface area (Å²) in [5, 5.41) is 24.2. The van der Waals surface area contributed by atoms with Gasteiger partial charge in [0.25, 0.3) is 0 Å². The maximum Gasteiger partial charge on any atom is 0.335 e. The van der Waals surface area contributed by atoms with Gasteiger partial charge >= 0.3 is 5.97 Å². The zero-order valence-corrected chi connectivity index (χ0v) is 18.7. The Kier molecular flexibility index (Phi) is 5.63. The Bertz CT molecular complexity index is 1570. The molecule has 35 heavy (non-hydrogen) atoms. The number of aromatic carboxylic acids is 1. The van der Waals surface area contributed by atoms with Crippen LogP contribution in [0.25, 0.3) is 22.6 Å². The number of nitrogens with one attached hydrogen (secondary N) is 2. The van der Waals surface area contributed by atoms with Crippen molar-refractivity contribution in [3.63, 3.8) is 0 Å². The smallest absolute Gasteiger partial charge is 0.335 e. The van der Waals surface area contributed by atoms with Crippen LogP contribution in [0.4, 0.5) is 17.3 Å². The second-order valence-corrected chi connectivity index (χ2v) is 7.66. The number of carboxylic acids is 1. The van der Waals surface area contributed by atoms with E-state index in [4.69, 9.17) is 9.05 Å². The molecule has 0 bridgehead atoms. The van der Waals surface area contributed by atoms with Crippen molar-refractivity contribution in [1.82, 2.24) is 20.3 Å². The number of furan rings is 1. The molecule has 0 fully saturated rings. The standard InChI is InChI=1S/C24H19N7O4/c1-13-5-3-8-18(14(13)2)26-20-21(28-23-22(27-20)30-35-31-23)29-25-12-17-9-10-19(34-17)15-6-4-7-16(11-15)24(32)33/h3-12H,1-2H3,(H,32,33)(H,26,27,30)(H,28,29,31)/b25-12-. The molecule has 3 aromatic heterocycles. The molecule has 0 atom stereocenters. The van der Waals surface area contributed by atoms with Crippen molar-refractivity contribution in [1.29, 1.82) is 0 Å². The van der Waals surface area contributed by atoms with Crippen LogP contribution < -0.4 is 10.7 Å². The third-order valence-electron chi connectivity index (χ3n) is 5.36. The molecule has 0 aliphatic heterocycles. The first-order valence-corrected chi connectivity index (χ1v) is 10.5. The molecule has 0 radical (unpaired) electrons. The number of rotatable bonds is 7. The number of hydrogen-bond donors (Lipinski definition) is 3. The molecule has 3 N–H and O–H groups in total. The van der Waals surface area contributed by atoms with Crippen LogP contribution in [0.15, 0.2) is 68.7 Å². The van der Waals surface area contributed by atoms with Crippen molar-refractivity contribution >= 4 is 40.8 Å². The van der Waals surface area contributed by atoms with Gasteiger partial charge in [0, 0.05) is 11.3 Å². The quantitative estimate of drug-likeness (QED) is 0.224. The maximum absolute atomic E-state index is 11.2. The summed E-state index contributed by atoms with van der Waals surface area (Å²) < 4.78 is 10.5. The van der Waals surface area contributed by atoms with Crippen molar-refractivity contribution in [2.24, 2.45) is 5.10 Å². The number of aryl methyl sites for hydroxylation is 1. The molecule has 0 unspecified atom stereocenters. The number of carboxylic acid groups (broad SMARTS) is 1. The van der Waals surface area contributed by atoms with E-state index in [1.807, 2.05) is 32.0 Å². The molecule has 11 heteroatoms. The molecule has 3 heterocycles. The van der Waals surface area contributed by atoms with E-state index in [1.165, 1.54) is 12.3 Å². The number of fused-ring (bicyclic) bond motifs is 1. The minimum atomic E-state index is -1.00. The highest BCUT2D eigenvalue weighted by Crippen LogP contribution is 2.27. The number of benzene rings is 2. The summed E-state index contributed by atoms with van der Waals surface area (Å²) >= 11 is 0. The Morgan fingerprint density at radius 1 is 1.00 bits per heavy atom. The number of hydrazone groups is 1. The average molecular weight is 469 g/mol. The van der Waals surface area contributed by atoms with Gasteiger partial charge in [-0.2, -0.15) is 10.1 Å². The predicted octanol–water partition coefficient (Wildman–Crippen LogP) is 4.78. The van der Waals surface area contributed by atoms with E-state index in [-0.39, 0.29) is 16.9 Å². The van der Waals surface area contributed by atoms with Gasteiger partial charge in [0.1, 0.15) is 11.5 Å². The zero-order valence-electron chi connectivity index (χ0n) is 18.7. The van der Waals surface area contributed by atoms with Gasteiger partial charge in [0.05, 0.1) is 11.8 Å². The Morgan fingerprint density at radius 2 is 1.77 bits per heavy atom. The number of nitrogens with zero attached hydrogens (tertiary/aromatic N) is 5. The average Bonchev–Trinajstić information content (AvgIpc) is 3.51. The van der Waals surface area contributed by atoms with Crippen molar-refractivity contribution < 1.29 is 18.9 Å². The van der Waals surface area contributed by atoms with E-state index in [0.29, 0.717) is 28.7 Å². The molecular formula is C24H19N7O4.